The second kappa shape index (κ2) is 6.91. The van der Waals surface area contributed by atoms with Gasteiger partial charge in [0.2, 0.25) is 0 Å². The topological polar surface area (TPSA) is 43.7 Å². The monoisotopic (exact) mass is 331 g/mol. The molecule has 2 N–H and O–H groups in total. The summed E-state index contributed by atoms with van der Waals surface area (Å²) < 4.78 is 0. The molecule has 0 saturated carbocycles. The maximum atomic E-state index is 10.4. The summed E-state index contributed by atoms with van der Waals surface area (Å²) in [5.41, 5.74) is 3.39. The fourth-order valence-electron chi connectivity index (χ4n) is 3.34. The lowest BCUT2D eigenvalue weighted by molar-refractivity contribution is 0.0994. The lowest BCUT2D eigenvalue weighted by Crippen LogP contribution is -2.38. The Labute approximate surface area is 142 Å². The zero-order valence-electron chi connectivity index (χ0n) is 13.2. The lowest BCUT2D eigenvalue weighted by atomic mass is 9.87. The zero-order valence-corrected chi connectivity index (χ0v) is 14.0. The van der Waals surface area contributed by atoms with Crippen molar-refractivity contribution in [1.82, 2.24) is 4.90 Å². The van der Waals surface area contributed by atoms with E-state index in [9.17, 15) is 10.2 Å². The Morgan fingerprint density at radius 2 is 2.04 bits per heavy atom. The highest BCUT2D eigenvalue weighted by Gasteiger charge is 2.24. The Kier molecular flexibility index (Phi) is 4.90. The van der Waals surface area contributed by atoms with Crippen LogP contribution in [0.3, 0.4) is 0 Å². The third-order valence-electron chi connectivity index (χ3n) is 4.71. The number of phenolic OH excluding ortho intramolecular Hbond substituents is 1. The highest BCUT2D eigenvalue weighted by atomic mass is 35.5. The summed E-state index contributed by atoms with van der Waals surface area (Å²) in [6, 6.07) is 13.4. The standard InChI is InChI=1S/C19H22ClNO2/c1-21(12-19(23)15-3-2-4-16(20)9-15)17-7-5-14-11-18(22)8-6-13(14)10-17/h2-4,6,8-9,11,17,19,22-23H,5,7,10,12H2,1H3/t17-,19?/m1/s1. The van der Waals surface area contributed by atoms with Crippen molar-refractivity contribution in [2.24, 2.45) is 0 Å². The molecular formula is C19H22ClNO2. The maximum absolute atomic E-state index is 10.4. The number of hydrogen-bond donors (Lipinski definition) is 2. The molecule has 4 heteroatoms. The van der Waals surface area contributed by atoms with E-state index >= 15 is 0 Å². The van der Waals surface area contributed by atoms with Gasteiger partial charge in [-0.25, -0.2) is 0 Å². The number of fused-ring (bicyclic) bond motifs is 1. The molecule has 0 aromatic heterocycles. The van der Waals surface area contributed by atoms with Crippen molar-refractivity contribution in [2.45, 2.75) is 31.4 Å². The Morgan fingerprint density at radius 1 is 1.22 bits per heavy atom. The molecule has 0 aliphatic heterocycles. The van der Waals surface area contributed by atoms with Crippen molar-refractivity contribution in [2.75, 3.05) is 13.6 Å². The van der Waals surface area contributed by atoms with Crippen LogP contribution >= 0.6 is 11.6 Å². The smallest absolute Gasteiger partial charge is 0.115 e. The lowest BCUT2D eigenvalue weighted by Gasteiger charge is -2.33. The molecule has 2 atom stereocenters. The summed E-state index contributed by atoms with van der Waals surface area (Å²) in [6.07, 6.45) is 2.41. The van der Waals surface area contributed by atoms with Gasteiger partial charge in [0.1, 0.15) is 5.75 Å². The van der Waals surface area contributed by atoms with E-state index in [0.29, 0.717) is 23.4 Å². The number of aliphatic hydroxyl groups is 1. The molecule has 3 nitrogen and oxygen atoms in total. The van der Waals surface area contributed by atoms with Gasteiger partial charge in [-0.15, -0.1) is 0 Å². The van der Waals surface area contributed by atoms with Gasteiger partial charge in [0.15, 0.2) is 0 Å². The third kappa shape index (κ3) is 3.86. The second-order valence-electron chi connectivity index (χ2n) is 6.36. The average Bonchev–Trinajstić information content (AvgIpc) is 2.54. The molecule has 0 saturated heterocycles. The first kappa shape index (κ1) is 16.3. The number of aliphatic hydroxyl groups excluding tert-OH is 1. The number of likely N-dealkylation sites (N-methyl/N-ethyl adjacent to an activating group) is 1. The Hall–Kier alpha value is -1.55. The number of aryl methyl sites for hydroxylation is 1. The van der Waals surface area contributed by atoms with Crippen molar-refractivity contribution in [3.05, 3.63) is 64.2 Å². The van der Waals surface area contributed by atoms with Gasteiger partial charge in [-0.2, -0.15) is 0 Å². The highest BCUT2D eigenvalue weighted by molar-refractivity contribution is 6.30. The predicted octanol–water partition coefficient (Wildman–Crippen LogP) is 3.57. The molecule has 0 heterocycles. The Balaban J connectivity index is 1.65. The molecule has 2 aromatic rings. The molecule has 0 bridgehead atoms. The highest BCUT2D eigenvalue weighted by Crippen LogP contribution is 2.28. The van der Waals surface area contributed by atoms with E-state index in [1.165, 1.54) is 11.1 Å². The second-order valence-corrected chi connectivity index (χ2v) is 6.80. The number of nitrogens with zero attached hydrogens (tertiary/aromatic N) is 1. The van der Waals surface area contributed by atoms with Crippen LogP contribution in [0.25, 0.3) is 0 Å². The van der Waals surface area contributed by atoms with Gasteiger partial charge in [0, 0.05) is 17.6 Å². The van der Waals surface area contributed by atoms with Gasteiger partial charge in [-0.05, 0) is 67.3 Å². The average molecular weight is 332 g/mol. The van der Waals surface area contributed by atoms with Gasteiger partial charge in [-0.3, -0.25) is 0 Å². The molecule has 0 amide bonds. The van der Waals surface area contributed by atoms with E-state index in [1.54, 1.807) is 6.07 Å². The first-order valence-electron chi connectivity index (χ1n) is 7.97. The minimum absolute atomic E-state index is 0.340. The molecule has 1 aliphatic rings. The summed E-state index contributed by atoms with van der Waals surface area (Å²) in [5.74, 6) is 0.340. The van der Waals surface area contributed by atoms with Gasteiger partial charge in [0.05, 0.1) is 6.10 Å². The van der Waals surface area contributed by atoms with Crippen LogP contribution in [0.2, 0.25) is 5.02 Å². The van der Waals surface area contributed by atoms with Crippen LogP contribution in [0.15, 0.2) is 42.5 Å². The van der Waals surface area contributed by atoms with Crippen LogP contribution in [0, 0.1) is 0 Å². The Morgan fingerprint density at radius 3 is 2.83 bits per heavy atom. The first-order chi connectivity index (χ1) is 11.0. The summed E-state index contributed by atoms with van der Waals surface area (Å²) in [4.78, 5) is 2.22. The molecule has 1 unspecified atom stereocenters. The van der Waals surface area contributed by atoms with E-state index in [1.807, 2.05) is 36.4 Å². The molecule has 2 aromatic carbocycles. The number of phenols is 1. The number of hydrogen-bond acceptors (Lipinski definition) is 3. The summed E-state index contributed by atoms with van der Waals surface area (Å²) in [5, 5.41) is 20.7. The van der Waals surface area contributed by atoms with E-state index in [2.05, 4.69) is 11.9 Å². The fourth-order valence-corrected chi connectivity index (χ4v) is 3.54. The van der Waals surface area contributed by atoms with Crippen LogP contribution in [0.4, 0.5) is 0 Å². The van der Waals surface area contributed by atoms with Gasteiger partial charge >= 0.3 is 0 Å². The summed E-state index contributed by atoms with van der Waals surface area (Å²) in [6.45, 7) is 0.582. The van der Waals surface area contributed by atoms with E-state index in [0.717, 1.165) is 24.8 Å². The third-order valence-corrected chi connectivity index (χ3v) is 4.95. The maximum Gasteiger partial charge on any atom is 0.115 e. The first-order valence-corrected chi connectivity index (χ1v) is 8.35. The van der Waals surface area contributed by atoms with E-state index < -0.39 is 6.10 Å². The molecule has 122 valence electrons. The molecule has 0 spiro atoms. The number of rotatable bonds is 4. The van der Waals surface area contributed by atoms with E-state index in [-0.39, 0.29) is 0 Å². The molecule has 0 fully saturated rings. The van der Waals surface area contributed by atoms with Gasteiger partial charge in [0.25, 0.3) is 0 Å². The van der Waals surface area contributed by atoms with Crippen molar-refractivity contribution >= 4 is 11.6 Å². The van der Waals surface area contributed by atoms with Crippen molar-refractivity contribution in [3.8, 4) is 5.75 Å². The largest absolute Gasteiger partial charge is 0.508 e. The fraction of sp³-hybridized carbons (Fsp3) is 0.368. The van der Waals surface area contributed by atoms with Crippen LogP contribution in [-0.2, 0) is 12.8 Å². The van der Waals surface area contributed by atoms with Crippen LogP contribution in [0.1, 0.15) is 29.2 Å². The predicted molar refractivity (Wildman–Crippen MR) is 93.0 cm³/mol. The van der Waals surface area contributed by atoms with Crippen LogP contribution in [-0.4, -0.2) is 34.7 Å². The summed E-state index contributed by atoms with van der Waals surface area (Å²) in [7, 11) is 2.06. The van der Waals surface area contributed by atoms with Crippen LogP contribution in [0.5, 0.6) is 5.75 Å². The van der Waals surface area contributed by atoms with Crippen molar-refractivity contribution in [3.63, 3.8) is 0 Å². The molecule has 3 rings (SSSR count). The normalized spacial score (nSPS) is 18.7. The minimum Gasteiger partial charge on any atom is -0.508 e. The minimum atomic E-state index is -0.542. The summed E-state index contributed by atoms with van der Waals surface area (Å²) >= 11 is 6.00. The van der Waals surface area contributed by atoms with E-state index in [4.69, 9.17) is 11.6 Å². The van der Waals surface area contributed by atoms with Crippen molar-refractivity contribution in [1.29, 1.82) is 0 Å². The number of halogens is 1. The van der Waals surface area contributed by atoms with Gasteiger partial charge in [-0.1, -0.05) is 29.8 Å². The number of aromatic hydroxyl groups is 1. The quantitative estimate of drug-likeness (QED) is 0.900. The molecule has 1 aliphatic carbocycles. The Bertz CT molecular complexity index is 689. The molecule has 23 heavy (non-hydrogen) atoms. The molecule has 0 radical (unpaired) electrons. The molecular weight excluding hydrogens is 310 g/mol. The van der Waals surface area contributed by atoms with Gasteiger partial charge < -0.3 is 15.1 Å². The van der Waals surface area contributed by atoms with Crippen molar-refractivity contribution < 1.29 is 10.2 Å². The zero-order chi connectivity index (χ0) is 16.4. The van der Waals surface area contributed by atoms with Crippen LogP contribution < -0.4 is 0 Å². The SMILES string of the molecule is CN(CC(O)c1cccc(Cl)c1)[C@@H]1CCc2cc(O)ccc2C1. The number of benzene rings is 2.